The van der Waals surface area contributed by atoms with Crippen LogP contribution in [0.3, 0.4) is 0 Å². The van der Waals surface area contributed by atoms with E-state index in [0.717, 1.165) is 5.82 Å². The average Bonchev–Trinajstić information content (AvgIpc) is 3.03. The molecule has 0 spiro atoms. The van der Waals surface area contributed by atoms with Gasteiger partial charge in [0.05, 0.1) is 0 Å². The van der Waals surface area contributed by atoms with Gasteiger partial charge in [0, 0.05) is 12.5 Å². The highest BCUT2D eigenvalue weighted by molar-refractivity contribution is 7.85. The van der Waals surface area contributed by atoms with Crippen molar-refractivity contribution in [3.63, 3.8) is 0 Å². The van der Waals surface area contributed by atoms with Gasteiger partial charge in [-0.15, -0.1) is 10.2 Å². The van der Waals surface area contributed by atoms with E-state index in [4.69, 9.17) is 4.52 Å². The molecule has 2 aromatic heterocycles. The largest absolute Gasteiger partial charge is 0.338 e. The molecule has 0 saturated carbocycles. The topological polar surface area (TPSA) is 86.7 Å². The Balaban J connectivity index is 2.27. The second kappa shape index (κ2) is 5.82. The molecule has 0 saturated heterocycles. The molecule has 110 valence electrons. The van der Waals surface area contributed by atoms with Crippen LogP contribution in [-0.2, 0) is 17.3 Å². The number of aromatic nitrogens is 5. The molecule has 0 unspecified atom stereocenters. The Kier molecular flexibility index (Phi) is 4.32. The van der Waals surface area contributed by atoms with Crippen LogP contribution in [0.25, 0.3) is 0 Å². The van der Waals surface area contributed by atoms with Crippen molar-refractivity contribution < 1.29 is 8.73 Å². The first-order valence-electron chi connectivity index (χ1n) is 6.59. The van der Waals surface area contributed by atoms with E-state index in [-0.39, 0.29) is 5.92 Å². The Morgan fingerprint density at radius 1 is 1.30 bits per heavy atom. The molecule has 0 aliphatic carbocycles. The molecule has 0 amide bonds. The Bertz CT molecular complexity index is 619. The summed E-state index contributed by atoms with van der Waals surface area (Å²) >= 11 is 0. The van der Waals surface area contributed by atoms with Crippen molar-refractivity contribution in [2.75, 3.05) is 0 Å². The highest BCUT2D eigenvalue weighted by atomic mass is 32.2. The van der Waals surface area contributed by atoms with Crippen molar-refractivity contribution in [2.45, 2.75) is 57.5 Å². The molecule has 2 heterocycles. The highest BCUT2D eigenvalue weighted by Crippen LogP contribution is 2.24. The number of hydrogen-bond acceptors (Lipinski definition) is 6. The Labute approximate surface area is 120 Å². The van der Waals surface area contributed by atoms with Crippen LogP contribution < -0.4 is 0 Å². The van der Waals surface area contributed by atoms with Gasteiger partial charge >= 0.3 is 0 Å². The third-order valence-electron chi connectivity index (χ3n) is 3.04. The van der Waals surface area contributed by atoms with E-state index in [1.165, 1.54) is 0 Å². The molecule has 0 fully saturated rings. The molecule has 0 aliphatic rings. The zero-order valence-corrected chi connectivity index (χ0v) is 13.1. The van der Waals surface area contributed by atoms with Gasteiger partial charge in [-0.1, -0.05) is 19.0 Å². The van der Waals surface area contributed by atoms with Gasteiger partial charge in [-0.25, -0.2) is 0 Å². The lowest BCUT2D eigenvalue weighted by Crippen LogP contribution is -2.11. The van der Waals surface area contributed by atoms with E-state index in [9.17, 15) is 4.21 Å². The second-order valence-electron chi connectivity index (χ2n) is 4.86. The maximum atomic E-state index is 12.6. The standard InChI is InChI=1S/C12H19N5O2S/c1-6-17-9(5)14-15-12(17)20(18)8(4)11-13-10(7(2)3)16-19-11/h7-8H,6H2,1-5H3/t8-,20-/m1/s1. The molecular weight excluding hydrogens is 278 g/mol. The summed E-state index contributed by atoms with van der Waals surface area (Å²) in [5.41, 5.74) is 0. The molecule has 0 N–H and O–H groups in total. The van der Waals surface area contributed by atoms with Gasteiger partial charge in [-0.3, -0.25) is 4.21 Å². The molecule has 2 rings (SSSR count). The zero-order chi connectivity index (χ0) is 14.9. The Hall–Kier alpha value is -1.57. The van der Waals surface area contributed by atoms with Crippen LogP contribution in [0.15, 0.2) is 9.68 Å². The van der Waals surface area contributed by atoms with Crippen LogP contribution in [0.5, 0.6) is 0 Å². The van der Waals surface area contributed by atoms with Crippen LogP contribution in [-0.4, -0.2) is 29.1 Å². The monoisotopic (exact) mass is 297 g/mol. The van der Waals surface area contributed by atoms with Crippen molar-refractivity contribution in [3.05, 3.63) is 17.5 Å². The van der Waals surface area contributed by atoms with Crippen molar-refractivity contribution in [2.24, 2.45) is 0 Å². The number of nitrogens with zero attached hydrogens (tertiary/aromatic N) is 5. The fourth-order valence-electron chi connectivity index (χ4n) is 1.77. The van der Waals surface area contributed by atoms with Crippen molar-refractivity contribution in [1.82, 2.24) is 24.9 Å². The third-order valence-corrected chi connectivity index (χ3v) is 4.55. The normalized spacial score (nSPS) is 14.7. The smallest absolute Gasteiger partial charge is 0.242 e. The first-order chi connectivity index (χ1) is 9.45. The van der Waals surface area contributed by atoms with E-state index in [2.05, 4.69) is 20.3 Å². The summed E-state index contributed by atoms with van der Waals surface area (Å²) < 4.78 is 19.6. The van der Waals surface area contributed by atoms with Crippen LogP contribution >= 0.6 is 0 Å². The van der Waals surface area contributed by atoms with Crippen molar-refractivity contribution >= 4 is 10.8 Å². The lowest BCUT2D eigenvalue weighted by molar-refractivity contribution is 0.371. The minimum absolute atomic E-state index is 0.176. The van der Waals surface area contributed by atoms with E-state index in [1.807, 2.05) is 32.3 Å². The molecule has 8 heteroatoms. The fraction of sp³-hybridized carbons (Fsp3) is 0.667. The predicted molar refractivity (Wildman–Crippen MR) is 73.6 cm³/mol. The Morgan fingerprint density at radius 3 is 2.55 bits per heavy atom. The molecule has 0 bridgehead atoms. The van der Waals surface area contributed by atoms with Crippen molar-refractivity contribution in [1.29, 1.82) is 0 Å². The predicted octanol–water partition coefficient (Wildman–Crippen LogP) is 1.98. The molecule has 2 atom stereocenters. The van der Waals surface area contributed by atoms with Gasteiger partial charge in [-0.05, 0) is 20.8 Å². The molecular formula is C12H19N5O2S. The van der Waals surface area contributed by atoms with E-state index in [1.54, 1.807) is 6.92 Å². The summed E-state index contributed by atoms with van der Waals surface area (Å²) in [6.07, 6.45) is 0. The van der Waals surface area contributed by atoms with Crippen LogP contribution in [0, 0.1) is 6.92 Å². The first-order valence-corrected chi connectivity index (χ1v) is 7.80. The number of hydrogen-bond donors (Lipinski definition) is 0. The molecule has 7 nitrogen and oxygen atoms in total. The summed E-state index contributed by atoms with van der Waals surface area (Å²) in [4.78, 5) is 4.29. The maximum Gasteiger partial charge on any atom is 0.242 e. The third kappa shape index (κ3) is 2.65. The lowest BCUT2D eigenvalue weighted by atomic mass is 10.2. The number of rotatable bonds is 5. The fourth-order valence-corrected chi connectivity index (χ4v) is 2.97. The van der Waals surface area contributed by atoms with Gasteiger partial charge in [0.1, 0.15) is 21.9 Å². The summed E-state index contributed by atoms with van der Waals surface area (Å²) in [6.45, 7) is 10.2. The summed E-state index contributed by atoms with van der Waals surface area (Å²) in [6, 6.07) is 0. The molecule has 0 radical (unpaired) electrons. The molecule has 2 aromatic rings. The van der Waals surface area contributed by atoms with Crippen LogP contribution in [0.4, 0.5) is 0 Å². The van der Waals surface area contributed by atoms with E-state index in [0.29, 0.717) is 23.4 Å². The van der Waals surface area contributed by atoms with Gasteiger partial charge in [0.25, 0.3) is 0 Å². The quantitative estimate of drug-likeness (QED) is 0.838. The van der Waals surface area contributed by atoms with Crippen LogP contribution in [0.1, 0.15) is 56.4 Å². The maximum absolute atomic E-state index is 12.6. The van der Waals surface area contributed by atoms with Gasteiger partial charge in [0.2, 0.25) is 11.0 Å². The van der Waals surface area contributed by atoms with Crippen LogP contribution in [0.2, 0.25) is 0 Å². The summed E-state index contributed by atoms with van der Waals surface area (Å²) in [7, 11) is -1.38. The molecule has 0 aliphatic heterocycles. The summed E-state index contributed by atoms with van der Waals surface area (Å²) in [5.74, 6) is 1.92. The molecule has 20 heavy (non-hydrogen) atoms. The minimum Gasteiger partial charge on any atom is -0.338 e. The first kappa shape index (κ1) is 14.8. The van der Waals surface area contributed by atoms with Gasteiger partial charge in [0.15, 0.2) is 5.82 Å². The SMILES string of the molecule is CCn1c(C)nnc1[S@](=O)[C@H](C)c1nc(C(C)C)no1. The van der Waals surface area contributed by atoms with Gasteiger partial charge in [-0.2, -0.15) is 4.98 Å². The van der Waals surface area contributed by atoms with Crippen molar-refractivity contribution in [3.8, 4) is 0 Å². The lowest BCUT2D eigenvalue weighted by Gasteiger charge is -2.08. The average molecular weight is 297 g/mol. The summed E-state index contributed by atoms with van der Waals surface area (Å²) in [5, 5.41) is 11.9. The highest BCUT2D eigenvalue weighted by Gasteiger charge is 2.26. The second-order valence-corrected chi connectivity index (χ2v) is 6.53. The zero-order valence-electron chi connectivity index (χ0n) is 12.3. The van der Waals surface area contributed by atoms with Gasteiger partial charge < -0.3 is 9.09 Å². The number of aryl methyl sites for hydroxylation is 1. The minimum atomic E-state index is -1.38. The van der Waals surface area contributed by atoms with E-state index < -0.39 is 16.0 Å². The molecule has 0 aromatic carbocycles. The Morgan fingerprint density at radius 2 is 2.00 bits per heavy atom. The van der Waals surface area contributed by atoms with E-state index >= 15 is 0 Å².